The maximum Gasteiger partial charge on any atom is 0.330 e. The summed E-state index contributed by atoms with van der Waals surface area (Å²) < 4.78 is 22.6. The Balaban J connectivity index is 2.86. The number of hydrogen-bond acceptors (Lipinski definition) is 3. The van der Waals surface area contributed by atoms with Crippen LogP contribution in [0.5, 0.6) is 0 Å². The van der Waals surface area contributed by atoms with E-state index in [1.807, 2.05) is 0 Å². The lowest BCUT2D eigenvalue weighted by Gasteiger charge is -2.02. The van der Waals surface area contributed by atoms with Crippen LogP contribution in [0.3, 0.4) is 0 Å². The van der Waals surface area contributed by atoms with Crippen molar-refractivity contribution in [3.63, 3.8) is 0 Å². The Morgan fingerprint density at radius 1 is 1.54 bits per heavy atom. The summed E-state index contributed by atoms with van der Waals surface area (Å²) >= 11 is 0. The van der Waals surface area contributed by atoms with Crippen LogP contribution in [0.4, 0.5) is 0 Å². The molecular weight excluding hydrogens is 192 g/mol. The van der Waals surface area contributed by atoms with Gasteiger partial charge in [0.05, 0.1) is 11.0 Å². The molecule has 1 saturated heterocycles. The molecule has 0 radical (unpaired) electrons. The van der Waals surface area contributed by atoms with Gasteiger partial charge in [0.2, 0.25) is 0 Å². The highest BCUT2D eigenvalue weighted by Gasteiger charge is 2.29. The number of carboxylic acid groups (broad SMARTS) is 1. The summed E-state index contributed by atoms with van der Waals surface area (Å²) in [6, 6.07) is 0. The smallest absolute Gasteiger partial charge is 0.330 e. The van der Waals surface area contributed by atoms with Crippen LogP contribution in [0.15, 0.2) is 11.6 Å². The number of hydrogen-bond donors (Lipinski definition) is 1. The lowest BCUT2D eigenvalue weighted by Crippen LogP contribution is -2.14. The topological polar surface area (TPSA) is 71.4 Å². The van der Waals surface area contributed by atoms with E-state index in [0.717, 1.165) is 0 Å². The van der Waals surface area contributed by atoms with Gasteiger partial charge in [0.1, 0.15) is 0 Å². The van der Waals surface area contributed by atoms with E-state index in [0.29, 0.717) is 12.8 Å². The van der Waals surface area contributed by atoms with Crippen molar-refractivity contribution in [3.8, 4) is 0 Å². The van der Waals surface area contributed by atoms with Gasteiger partial charge in [-0.3, -0.25) is 0 Å². The summed E-state index contributed by atoms with van der Waals surface area (Å²) in [6.07, 6.45) is 2.52. The van der Waals surface area contributed by atoms with Crippen LogP contribution in [0, 0.1) is 0 Å². The maximum atomic E-state index is 11.3. The Kier molecular flexibility index (Phi) is 2.75. The Bertz CT molecular complexity index is 339. The van der Waals surface area contributed by atoms with Crippen LogP contribution in [0.25, 0.3) is 0 Å². The minimum Gasteiger partial charge on any atom is -0.478 e. The van der Waals surface area contributed by atoms with Gasteiger partial charge in [-0.15, -0.1) is 0 Å². The van der Waals surface area contributed by atoms with Crippen LogP contribution in [0.2, 0.25) is 0 Å². The third-order valence-corrected chi connectivity index (χ3v) is 4.30. The van der Waals surface area contributed by atoms with Crippen molar-refractivity contribution in [1.82, 2.24) is 0 Å². The Morgan fingerprint density at radius 3 is 2.54 bits per heavy atom. The number of aliphatic carboxylic acids is 1. The second-order valence-corrected chi connectivity index (χ2v) is 5.54. The molecule has 1 atom stereocenters. The fourth-order valence-electron chi connectivity index (χ4n) is 1.35. The molecule has 0 saturated carbocycles. The summed E-state index contributed by atoms with van der Waals surface area (Å²) in [6.45, 7) is 1.41. The van der Waals surface area contributed by atoms with Crippen LogP contribution < -0.4 is 0 Å². The molecule has 0 aliphatic carbocycles. The van der Waals surface area contributed by atoms with Crippen molar-refractivity contribution in [1.29, 1.82) is 0 Å². The fourth-order valence-corrected chi connectivity index (χ4v) is 3.16. The van der Waals surface area contributed by atoms with Gasteiger partial charge in [-0.2, -0.15) is 0 Å². The van der Waals surface area contributed by atoms with Gasteiger partial charge < -0.3 is 5.11 Å². The first-order valence-electron chi connectivity index (χ1n) is 4.07. The molecule has 0 amide bonds. The third kappa shape index (κ3) is 2.30. The first-order valence-corrected chi connectivity index (χ1v) is 5.78. The van der Waals surface area contributed by atoms with Gasteiger partial charge in [0.15, 0.2) is 9.84 Å². The molecule has 74 valence electrons. The largest absolute Gasteiger partial charge is 0.478 e. The minimum absolute atomic E-state index is 0.107. The van der Waals surface area contributed by atoms with Crippen molar-refractivity contribution in [3.05, 3.63) is 11.6 Å². The van der Waals surface area contributed by atoms with E-state index in [1.54, 1.807) is 0 Å². The van der Waals surface area contributed by atoms with Crippen molar-refractivity contribution < 1.29 is 18.3 Å². The van der Waals surface area contributed by atoms with E-state index < -0.39 is 21.1 Å². The Hall–Kier alpha value is -0.840. The summed E-state index contributed by atoms with van der Waals surface area (Å²) in [7, 11) is -3.06. The minimum atomic E-state index is -3.06. The molecule has 1 rings (SSSR count). The molecule has 0 aromatic rings. The average Bonchev–Trinajstić information content (AvgIpc) is 2.30. The standard InChI is InChI=1S/C8H12O4S/c1-6(8(9)10)5-7-3-2-4-13(7,11)12/h5,7H,2-4H2,1H3,(H,9,10). The van der Waals surface area contributed by atoms with E-state index in [9.17, 15) is 13.2 Å². The zero-order chi connectivity index (χ0) is 10.1. The number of sulfone groups is 1. The molecular formula is C8H12O4S. The Morgan fingerprint density at radius 2 is 2.15 bits per heavy atom. The fraction of sp³-hybridized carbons (Fsp3) is 0.625. The number of carbonyl (C=O) groups is 1. The Labute approximate surface area is 77.2 Å². The molecule has 1 N–H and O–H groups in total. The van der Waals surface area contributed by atoms with Crippen molar-refractivity contribution >= 4 is 15.8 Å². The second-order valence-electron chi connectivity index (χ2n) is 3.20. The predicted octanol–water partition coefficient (Wildman–Crippen LogP) is 0.595. The van der Waals surface area contributed by atoms with Gasteiger partial charge in [-0.05, 0) is 19.8 Å². The first kappa shape index (κ1) is 10.2. The highest BCUT2D eigenvalue weighted by atomic mass is 32.2. The predicted molar refractivity (Wildman–Crippen MR) is 48.2 cm³/mol. The van der Waals surface area contributed by atoms with Gasteiger partial charge in [0.25, 0.3) is 0 Å². The van der Waals surface area contributed by atoms with Crippen molar-refractivity contribution in [2.75, 3.05) is 5.75 Å². The summed E-state index contributed by atoms with van der Waals surface area (Å²) in [5.41, 5.74) is 0.107. The quantitative estimate of drug-likeness (QED) is 0.668. The highest BCUT2D eigenvalue weighted by molar-refractivity contribution is 7.92. The second kappa shape index (κ2) is 3.49. The third-order valence-electron chi connectivity index (χ3n) is 2.15. The van der Waals surface area contributed by atoms with Crippen LogP contribution in [-0.2, 0) is 14.6 Å². The molecule has 0 aromatic heterocycles. The molecule has 0 spiro atoms. The van der Waals surface area contributed by atoms with Gasteiger partial charge >= 0.3 is 5.97 Å². The molecule has 5 heteroatoms. The van der Waals surface area contributed by atoms with Gasteiger partial charge in [-0.25, -0.2) is 13.2 Å². The van der Waals surface area contributed by atoms with E-state index in [-0.39, 0.29) is 11.3 Å². The molecule has 1 heterocycles. The zero-order valence-electron chi connectivity index (χ0n) is 7.36. The monoisotopic (exact) mass is 204 g/mol. The molecule has 1 aliphatic rings. The summed E-state index contributed by atoms with van der Waals surface area (Å²) in [5.74, 6) is -0.872. The zero-order valence-corrected chi connectivity index (χ0v) is 8.17. The molecule has 1 fully saturated rings. The van der Waals surface area contributed by atoms with Crippen LogP contribution >= 0.6 is 0 Å². The SMILES string of the molecule is CC(=CC1CCCS1(=O)=O)C(=O)O. The van der Waals surface area contributed by atoms with Gasteiger partial charge in [-0.1, -0.05) is 6.08 Å². The molecule has 13 heavy (non-hydrogen) atoms. The molecule has 0 aromatic carbocycles. The van der Waals surface area contributed by atoms with E-state index in [1.165, 1.54) is 13.0 Å². The van der Waals surface area contributed by atoms with Crippen molar-refractivity contribution in [2.45, 2.75) is 25.0 Å². The molecule has 1 aliphatic heterocycles. The lowest BCUT2D eigenvalue weighted by atomic mass is 10.2. The van der Waals surface area contributed by atoms with E-state index in [2.05, 4.69) is 0 Å². The van der Waals surface area contributed by atoms with Crippen LogP contribution in [-0.4, -0.2) is 30.5 Å². The highest BCUT2D eigenvalue weighted by Crippen LogP contribution is 2.22. The average molecular weight is 204 g/mol. The van der Waals surface area contributed by atoms with Crippen molar-refractivity contribution in [2.24, 2.45) is 0 Å². The van der Waals surface area contributed by atoms with E-state index >= 15 is 0 Å². The molecule has 4 nitrogen and oxygen atoms in total. The lowest BCUT2D eigenvalue weighted by molar-refractivity contribution is -0.132. The summed E-state index contributed by atoms with van der Waals surface area (Å²) in [5, 5.41) is 7.97. The maximum absolute atomic E-state index is 11.3. The first-order chi connectivity index (χ1) is 5.93. The summed E-state index contributed by atoms with van der Waals surface area (Å²) in [4.78, 5) is 10.4. The van der Waals surface area contributed by atoms with E-state index in [4.69, 9.17) is 5.11 Å². The molecule has 1 unspecified atom stereocenters. The number of carboxylic acids is 1. The van der Waals surface area contributed by atoms with Crippen LogP contribution in [0.1, 0.15) is 19.8 Å². The molecule has 0 bridgehead atoms. The normalized spacial score (nSPS) is 27.5. The number of rotatable bonds is 2. The van der Waals surface area contributed by atoms with Gasteiger partial charge in [0, 0.05) is 5.57 Å².